The van der Waals surface area contributed by atoms with E-state index in [1.165, 1.54) is 7.11 Å². The number of aromatic hydroxyl groups is 2. The van der Waals surface area contributed by atoms with E-state index in [1.807, 2.05) is 0 Å². The van der Waals surface area contributed by atoms with Gasteiger partial charge in [-0.05, 0) is 55.7 Å². The van der Waals surface area contributed by atoms with Crippen molar-refractivity contribution in [2.24, 2.45) is 0 Å². The summed E-state index contributed by atoms with van der Waals surface area (Å²) in [5.74, 6) is -0.568. The smallest absolute Gasteiger partial charge is 0.259 e. The molecule has 0 amide bonds. The van der Waals surface area contributed by atoms with Gasteiger partial charge < -0.3 is 34.6 Å². The molecule has 180 valence electrons. The number of methoxy groups -OCH3 is 1. The molecular formula is C26H23NO8. The molecule has 2 aromatic heterocycles. The van der Waals surface area contributed by atoms with Gasteiger partial charge in [0.1, 0.15) is 28.7 Å². The van der Waals surface area contributed by atoms with Crippen molar-refractivity contribution in [1.82, 2.24) is 4.98 Å². The van der Waals surface area contributed by atoms with E-state index in [4.69, 9.17) is 9.15 Å². The number of ether oxygens (including phenoxy) is 1. The van der Waals surface area contributed by atoms with Gasteiger partial charge in [0.2, 0.25) is 5.43 Å². The monoisotopic (exact) mass is 477 g/mol. The molecular weight excluding hydrogens is 454 g/mol. The zero-order valence-corrected chi connectivity index (χ0v) is 19.1. The van der Waals surface area contributed by atoms with Crippen molar-refractivity contribution in [2.75, 3.05) is 7.11 Å². The zero-order chi connectivity index (χ0) is 24.8. The quantitative estimate of drug-likeness (QED) is 0.280. The number of nitrogens with one attached hydrogen (secondary N) is 1. The van der Waals surface area contributed by atoms with E-state index in [0.717, 1.165) is 0 Å². The molecule has 0 radical (unpaired) electrons. The van der Waals surface area contributed by atoms with E-state index in [2.05, 4.69) is 4.98 Å². The van der Waals surface area contributed by atoms with Crippen molar-refractivity contribution < 1.29 is 29.6 Å². The van der Waals surface area contributed by atoms with E-state index < -0.39 is 28.9 Å². The number of fused-ring (bicyclic) bond motifs is 6. The molecule has 6 rings (SSSR count). The molecule has 2 aliphatic rings. The van der Waals surface area contributed by atoms with Gasteiger partial charge in [-0.1, -0.05) is 0 Å². The van der Waals surface area contributed by atoms with Gasteiger partial charge >= 0.3 is 0 Å². The average molecular weight is 477 g/mol. The fourth-order valence-corrected chi connectivity index (χ4v) is 5.68. The van der Waals surface area contributed by atoms with Gasteiger partial charge in [-0.3, -0.25) is 9.59 Å². The van der Waals surface area contributed by atoms with E-state index in [-0.39, 0.29) is 63.1 Å². The van der Waals surface area contributed by atoms with Crippen LogP contribution in [0.5, 0.6) is 17.2 Å². The van der Waals surface area contributed by atoms with Crippen LogP contribution in [0.1, 0.15) is 53.2 Å². The number of hydrogen-bond donors (Lipinski definition) is 5. The molecule has 0 aliphatic heterocycles. The number of aromatic amines is 1. The molecule has 9 nitrogen and oxygen atoms in total. The number of aliphatic hydroxyl groups excluding tert-OH is 2. The molecule has 4 aromatic rings. The lowest BCUT2D eigenvalue weighted by molar-refractivity contribution is 0.0713. The Kier molecular flexibility index (Phi) is 4.55. The Balaban J connectivity index is 1.79. The second-order valence-electron chi connectivity index (χ2n) is 9.26. The van der Waals surface area contributed by atoms with Gasteiger partial charge in [-0.2, -0.15) is 0 Å². The zero-order valence-electron chi connectivity index (χ0n) is 19.1. The van der Waals surface area contributed by atoms with Crippen LogP contribution < -0.4 is 15.7 Å². The van der Waals surface area contributed by atoms with Crippen LogP contribution in [0.25, 0.3) is 32.9 Å². The molecule has 2 atom stereocenters. The predicted molar refractivity (Wildman–Crippen MR) is 127 cm³/mol. The van der Waals surface area contributed by atoms with Crippen molar-refractivity contribution in [1.29, 1.82) is 0 Å². The minimum absolute atomic E-state index is 0.0298. The van der Waals surface area contributed by atoms with Crippen LogP contribution in [-0.2, 0) is 12.8 Å². The van der Waals surface area contributed by atoms with Gasteiger partial charge in [0.05, 0.1) is 24.2 Å². The first-order chi connectivity index (χ1) is 16.7. The third-order valence-corrected chi connectivity index (χ3v) is 7.20. The molecule has 9 heteroatoms. The number of phenols is 2. The third kappa shape index (κ3) is 2.82. The minimum atomic E-state index is -1.15. The second-order valence-corrected chi connectivity index (χ2v) is 9.26. The topological polar surface area (TPSA) is 153 Å². The first kappa shape index (κ1) is 21.7. The summed E-state index contributed by atoms with van der Waals surface area (Å²) in [5, 5.41) is 44.1. The molecule has 2 aromatic carbocycles. The lowest BCUT2D eigenvalue weighted by Crippen LogP contribution is -2.24. The van der Waals surface area contributed by atoms with Crippen LogP contribution in [-0.4, -0.2) is 32.5 Å². The highest BCUT2D eigenvalue weighted by molar-refractivity contribution is 6.04. The Labute approximate surface area is 197 Å². The molecule has 0 spiro atoms. The van der Waals surface area contributed by atoms with Crippen molar-refractivity contribution >= 4 is 21.7 Å². The van der Waals surface area contributed by atoms with Gasteiger partial charge in [0.15, 0.2) is 11.3 Å². The number of pyridine rings is 1. The first-order valence-corrected chi connectivity index (χ1v) is 11.4. The maximum absolute atomic E-state index is 13.5. The summed E-state index contributed by atoms with van der Waals surface area (Å²) in [6.45, 7) is 1.75. The fourth-order valence-electron chi connectivity index (χ4n) is 5.68. The summed E-state index contributed by atoms with van der Waals surface area (Å²) in [5.41, 5.74) is 1.04. The first-order valence-electron chi connectivity index (χ1n) is 11.4. The summed E-state index contributed by atoms with van der Waals surface area (Å²) in [4.78, 5) is 28.9. The van der Waals surface area contributed by atoms with Crippen LogP contribution in [0.2, 0.25) is 0 Å². The molecule has 0 fully saturated rings. The lowest BCUT2D eigenvalue weighted by Gasteiger charge is -2.28. The molecule has 0 saturated carbocycles. The van der Waals surface area contributed by atoms with Gasteiger partial charge in [0.25, 0.3) is 5.56 Å². The lowest BCUT2D eigenvalue weighted by atomic mass is 9.81. The van der Waals surface area contributed by atoms with Crippen LogP contribution >= 0.6 is 0 Å². The standard InChI is InChI=1S/C26H23NO8/c1-9-7-11-8-10-3-4-12-17(15(10)20(30)16(11)26(33)27-9)21(31)19-22(32)18-13(28)5-6-14(29)24(18)35-25(19)23(12)34-2/h7-8,13-14,28-31H,3-6H2,1-2H3,(H,27,33). The molecule has 5 N–H and O–H groups in total. The largest absolute Gasteiger partial charge is 0.506 e. The number of aliphatic hydroxyl groups is 2. The van der Waals surface area contributed by atoms with Crippen molar-refractivity contribution in [3.63, 3.8) is 0 Å². The number of H-pyrrole nitrogens is 1. The van der Waals surface area contributed by atoms with Crippen molar-refractivity contribution in [3.8, 4) is 28.4 Å². The maximum Gasteiger partial charge on any atom is 0.259 e. The van der Waals surface area contributed by atoms with Crippen molar-refractivity contribution in [3.05, 3.63) is 60.9 Å². The maximum atomic E-state index is 13.5. The molecule has 2 heterocycles. The summed E-state index contributed by atoms with van der Waals surface area (Å²) in [7, 11) is 1.40. The van der Waals surface area contributed by atoms with E-state index in [1.54, 1.807) is 19.1 Å². The van der Waals surface area contributed by atoms with Gasteiger partial charge in [-0.25, -0.2) is 0 Å². The van der Waals surface area contributed by atoms with Gasteiger partial charge in [-0.15, -0.1) is 0 Å². The number of aryl methyl sites for hydroxylation is 2. The highest BCUT2D eigenvalue weighted by atomic mass is 16.5. The van der Waals surface area contributed by atoms with E-state index in [9.17, 15) is 30.0 Å². The third-order valence-electron chi connectivity index (χ3n) is 7.20. The van der Waals surface area contributed by atoms with Crippen LogP contribution in [0.15, 0.2) is 26.1 Å². The summed E-state index contributed by atoms with van der Waals surface area (Å²) in [6, 6.07) is 3.57. The second kappa shape index (κ2) is 7.34. The summed E-state index contributed by atoms with van der Waals surface area (Å²) >= 11 is 0. The normalized spacial score (nSPS) is 18.9. The van der Waals surface area contributed by atoms with Crippen LogP contribution in [0.4, 0.5) is 0 Å². The SMILES string of the molecule is COc1c2c(c(O)c3c(=O)c4c(oc13)C(O)CCC4O)-c1c(cc3cc(C)[nH]c(=O)c3c1O)CC2. The Morgan fingerprint density at radius 3 is 2.46 bits per heavy atom. The fraction of sp³-hybridized carbons (Fsp3) is 0.308. The molecule has 2 aliphatic carbocycles. The molecule has 35 heavy (non-hydrogen) atoms. The predicted octanol–water partition coefficient (Wildman–Crippen LogP) is 2.99. The number of phenolic OH excluding ortho intramolecular Hbond substituents is 2. The van der Waals surface area contributed by atoms with Crippen molar-refractivity contribution in [2.45, 2.75) is 44.8 Å². The number of aromatic nitrogens is 1. The Bertz CT molecular complexity index is 1700. The number of rotatable bonds is 1. The average Bonchev–Trinajstić information content (AvgIpc) is 2.80. The Morgan fingerprint density at radius 2 is 1.71 bits per heavy atom. The summed E-state index contributed by atoms with van der Waals surface area (Å²) in [6.07, 6.45) is -0.930. The highest BCUT2D eigenvalue weighted by Crippen LogP contribution is 2.53. The van der Waals surface area contributed by atoms with E-state index in [0.29, 0.717) is 35.0 Å². The minimum Gasteiger partial charge on any atom is -0.506 e. The van der Waals surface area contributed by atoms with Crippen LogP contribution in [0.3, 0.4) is 0 Å². The van der Waals surface area contributed by atoms with Crippen LogP contribution in [0, 0.1) is 6.92 Å². The molecule has 2 unspecified atom stereocenters. The summed E-state index contributed by atoms with van der Waals surface area (Å²) < 4.78 is 11.6. The van der Waals surface area contributed by atoms with Gasteiger partial charge in [0, 0.05) is 22.4 Å². The molecule has 0 bridgehead atoms. The molecule has 0 saturated heterocycles. The Morgan fingerprint density at radius 1 is 1.00 bits per heavy atom. The number of hydrogen-bond acceptors (Lipinski definition) is 8. The number of benzene rings is 2. The highest BCUT2D eigenvalue weighted by Gasteiger charge is 2.36. The Hall–Kier alpha value is -3.82. The van der Waals surface area contributed by atoms with E-state index >= 15 is 0 Å².